The van der Waals surface area contributed by atoms with E-state index < -0.39 is 0 Å². The van der Waals surface area contributed by atoms with Crippen LogP contribution in [0.5, 0.6) is 0 Å². The number of hydrogen-bond donors (Lipinski definition) is 0. The number of pyridine rings is 1. The summed E-state index contributed by atoms with van der Waals surface area (Å²) in [6.07, 6.45) is 8.22. The largest absolute Gasteiger partial charge is 0.452 e. The lowest BCUT2D eigenvalue weighted by molar-refractivity contribution is 0.443. The van der Waals surface area contributed by atoms with Crippen molar-refractivity contribution in [1.29, 1.82) is 0 Å². The zero-order valence-corrected chi connectivity index (χ0v) is 20.5. The summed E-state index contributed by atoms with van der Waals surface area (Å²) < 4.78 is 6.49. The van der Waals surface area contributed by atoms with E-state index in [1.165, 1.54) is 43.2 Å². The predicted octanol–water partition coefficient (Wildman–Crippen LogP) is 8.24. The summed E-state index contributed by atoms with van der Waals surface area (Å²) in [5.74, 6) is 0.641. The maximum absolute atomic E-state index is 6.49. The normalized spacial score (nSPS) is 15.5. The number of benzene rings is 2. The van der Waals surface area contributed by atoms with Gasteiger partial charge in [0.15, 0.2) is 5.58 Å². The molecular formula is C30H31N3O. The molecule has 3 aromatic heterocycles. The second kappa shape index (κ2) is 7.90. The standard InChI is InChI=1S/C30H31N3O/c1-18-10-11-21-14-22(15-24(26(21)33-18)30(2,3)4)27-29-28(32-17-31-27)23-13-12-20(16-25(23)34-29)19-8-6-5-7-9-19/h10-17,19H,5-9H2,1-4H3. The predicted molar refractivity (Wildman–Crippen MR) is 139 cm³/mol. The second-order valence-corrected chi connectivity index (χ2v) is 10.9. The lowest BCUT2D eigenvalue weighted by atomic mass is 9.83. The number of aryl methyl sites for hydroxylation is 1. The molecule has 3 heterocycles. The Morgan fingerprint density at radius 1 is 0.882 bits per heavy atom. The summed E-state index contributed by atoms with van der Waals surface area (Å²) in [5, 5.41) is 2.18. The molecule has 0 unspecified atom stereocenters. The van der Waals surface area contributed by atoms with Crippen molar-refractivity contribution in [3.8, 4) is 11.3 Å². The van der Waals surface area contributed by atoms with E-state index in [0.717, 1.165) is 49.9 Å². The molecule has 0 radical (unpaired) electrons. The van der Waals surface area contributed by atoms with Crippen LogP contribution in [-0.4, -0.2) is 15.0 Å². The van der Waals surface area contributed by atoms with Crippen LogP contribution >= 0.6 is 0 Å². The molecule has 1 fully saturated rings. The first-order valence-electron chi connectivity index (χ1n) is 12.5. The lowest BCUT2D eigenvalue weighted by Crippen LogP contribution is -2.13. The summed E-state index contributed by atoms with van der Waals surface area (Å²) in [4.78, 5) is 14.2. The van der Waals surface area contributed by atoms with Crippen LogP contribution in [0.25, 0.3) is 44.2 Å². The van der Waals surface area contributed by atoms with Gasteiger partial charge in [-0.25, -0.2) is 9.97 Å². The minimum Gasteiger partial charge on any atom is -0.452 e. The summed E-state index contributed by atoms with van der Waals surface area (Å²) in [5.41, 5.74) is 9.08. The van der Waals surface area contributed by atoms with Gasteiger partial charge in [-0.2, -0.15) is 0 Å². The maximum Gasteiger partial charge on any atom is 0.180 e. The molecular weight excluding hydrogens is 418 g/mol. The molecule has 172 valence electrons. The van der Waals surface area contributed by atoms with Gasteiger partial charge >= 0.3 is 0 Å². The number of nitrogens with zero attached hydrogens (tertiary/aromatic N) is 3. The van der Waals surface area contributed by atoms with E-state index in [4.69, 9.17) is 14.4 Å². The van der Waals surface area contributed by atoms with Crippen LogP contribution in [0.3, 0.4) is 0 Å². The zero-order valence-electron chi connectivity index (χ0n) is 20.5. The third-order valence-corrected chi connectivity index (χ3v) is 7.37. The Morgan fingerprint density at radius 3 is 2.50 bits per heavy atom. The highest BCUT2D eigenvalue weighted by Gasteiger charge is 2.23. The van der Waals surface area contributed by atoms with E-state index in [0.29, 0.717) is 5.92 Å². The molecule has 0 N–H and O–H groups in total. The SMILES string of the molecule is Cc1ccc2cc(-c3ncnc4c3oc3cc(C5CCCCC5)ccc34)cc(C(C)(C)C)c2n1. The Balaban J connectivity index is 1.55. The van der Waals surface area contributed by atoms with E-state index in [-0.39, 0.29) is 5.41 Å². The molecule has 1 saturated carbocycles. The molecule has 34 heavy (non-hydrogen) atoms. The molecule has 1 aliphatic rings. The fourth-order valence-corrected chi connectivity index (χ4v) is 5.53. The highest BCUT2D eigenvalue weighted by Crippen LogP contribution is 2.39. The van der Waals surface area contributed by atoms with Crippen LogP contribution in [0.2, 0.25) is 0 Å². The van der Waals surface area contributed by atoms with Gasteiger partial charge in [0.1, 0.15) is 23.1 Å². The molecule has 2 aromatic carbocycles. The molecule has 0 aliphatic heterocycles. The van der Waals surface area contributed by atoms with Gasteiger partial charge in [0.25, 0.3) is 0 Å². The summed E-state index contributed by atoms with van der Waals surface area (Å²) in [6.45, 7) is 8.75. The first-order chi connectivity index (χ1) is 16.4. The van der Waals surface area contributed by atoms with Crippen LogP contribution < -0.4 is 0 Å². The number of fused-ring (bicyclic) bond motifs is 4. The fourth-order valence-electron chi connectivity index (χ4n) is 5.53. The Bertz CT molecular complexity index is 1530. The van der Waals surface area contributed by atoms with Crippen molar-refractivity contribution in [3.05, 3.63) is 65.6 Å². The van der Waals surface area contributed by atoms with Gasteiger partial charge in [-0.1, -0.05) is 52.2 Å². The topological polar surface area (TPSA) is 51.8 Å². The Hall–Kier alpha value is -3.27. The molecule has 0 atom stereocenters. The van der Waals surface area contributed by atoms with E-state index in [1.54, 1.807) is 6.33 Å². The summed E-state index contributed by atoms with van der Waals surface area (Å²) in [6, 6.07) is 15.3. The zero-order chi connectivity index (χ0) is 23.4. The average Bonchev–Trinajstić information content (AvgIpc) is 3.21. The maximum atomic E-state index is 6.49. The molecule has 4 heteroatoms. The van der Waals surface area contributed by atoms with Gasteiger partial charge in [-0.05, 0) is 72.6 Å². The minimum atomic E-state index is -0.0516. The van der Waals surface area contributed by atoms with Crippen molar-refractivity contribution in [2.24, 2.45) is 0 Å². The van der Waals surface area contributed by atoms with Crippen LogP contribution in [0.4, 0.5) is 0 Å². The van der Waals surface area contributed by atoms with Crippen molar-refractivity contribution in [2.45, 2.75) is 71.1 Å². The second-order valence-electron chi connectivity index (χ2n) is 10.9. The van der Waals surface area contributed by atoms with Gasteiger partial charge in [-0.3, -0.25) is 4.98 Å². The third kappa shape index (κ3) is 3.56. The lowest BCUT2D eigenvalue weighted by Gasteiger charge is -2.22. The highest BCUT2D eigenvalue weighted by atomic mass is 16.3. The molecule has 0 spiro atoms. The van der Waals surface area contributed by atoms with Crippen molar-refractivity contribution < 1.29 is 4.42 Å². The first kappa shape index (κ1) is 21.3. The van der Waals surface area contributed by atoms with Crippen molar-refractivity contribution >= 4 is 33.0 Å². The van der Waals surface area contributed by atoms with Crippen LogP contribution in [0, 0.1) is 6.92 Å². The van der Waals surface area contributed by atoms with Crippen LogP contribution in [0.1, 0.15) is 75.6 Å². The summed E-state index contributed by atoms with van der Waals surface area (Å²) >= 11 is 0. The molecule has 0 saturated heterocycles. The van der Waals surface area contributed by atoms with E-state index in [1.807, 2.05) is 6.92 Å². The Morgan fingerprint density at radius 2 is 1.71 bits per heavy atom. The summed E-state index contributed by atoms with van der Waals surface area (Å²) in [7, 11) is 0. The number of furan rings is 1. The van der Waals surface area contributed by atoms with Gasteiger partial charge in [-0.15, -0.1) is 0 Å². The van der Waals surface area contributed by atoms with Gasteiger partial charge in [0, 0.05) is 22.0 Å². The van der Waals surface area contributed by atoms with E-state index in [2.05, 4.69) is 68.2 Å². The Kier molecular flexibility index (Phi) is 4.94. The van der Waals surface area contributed by atoms with Crippen molar-refractivity contribution in [1.82, 2.24) is 15.0 Å². The van der Waals surface area contributed by atoms with Gasteiger partial charge in [0.05, 0.1) is 5.52 Å². The smallest absolute Gasteiger partial charge is 0.180 e. The van der Waals surface area contributed by atoms with Gasteiger partial charge in [0.2, 0.25) is 0 Å². The number of aromatic nitrogens is 3. The Labute approximate surface area is 200 Å². The third-order valence-electron chi connectivity index (χ3n) is 7.37. The molecule has 5 aromatic rings. The molecule has 0 amide bonds. The van der Waals surface area contributed by atoms with Crippen LogP contribution in [0.15, 0.2) is 53.2 Å². The molecule has 6 rings (SSSR count). The minimum absolute atomic E-state index is 0.0516. The van der Waals surface area contributed by atoms with E-state index >= 15 is 0 Å². The number of hydrogen-bond acceptors (Lipinski definition) is 4. The van der Waals surface area contributed by atoms with Gasteiger partial charge < -0.3 is 4.42 Å². The first-order valence-corrected chi connectivity index (χ1v) is 12.5. The van der Waals surface area contributed by atoms with Crippen LogP contribution in [-0.2, 0) is 5.41 Å². The molecule has 0 bridgehead atoms. The molecule has 4 nitrogen and oxygen atoms in total. The fraction of sp³-hybridized carbons (Fsp3) is 0.367. The van der Waals surface area contributed by atoms with E-state index in [9.17, 15) is 0 Å². The van der Waals surface area contributed by atoms with Crippen molar-refractivity contribution in [3.63, 3.8) is 0 Å². The monoisotopic (exact) mass is 449 g/mol. The quantitative estimate of drug-likeness (QED) is 0.272. The average molecular weight is 450 g/mol. The van der Waals surface area contributed by atoms with Crippen molar-refractivity contribution in [2.75, 3.05) is 0 Å². The highest BCUT2D eigenvalue weighted by molar-refractivity contribution is 6.07. The number of rotatable bonds is 2. The molecule has 1 aliphatic carbocycles.